The third kappa shape index (κ3) is 7.64. The van der Waals surface area contributed by atoms with Gasteiger partial charge in [0.25, 0.3) is 11.8 Å². The minimum absolute atomic E-state index is 0.0259. The Balaban J connectivity index is 1.05. The number of carbonyl (C=O) groups is 6. The van der Waals surface area contributed by atoms with E-state index in [0.29, 0.717) is 38.8 Å². The van der Waals surface area contributed by atoms with Gasteiger partial charge in [-0.05, 0) is 48.9 Å². The van der Waals surface area contributed by atoms with Crippen molar-refractivity contribution in [3.8, 4) is 0 Å². The van der Waals surface area contributed by atoms with Crippen LogP contribution in [-0.2, 0) is 24.0 Å². The lowest BCUT2D eigenvalue weighted by atomic mass is 10.0. The van der Waals surface area contributed by atoms with Crippen LogP contribution in [0, 0.1) is 0 Å². The summed E-state index contributed by atoms with van der Waals surface area (Å²) in [5.74, 6) is -3.98. The molecular formula is C35H34N8O8S2. The predicted octanol–water partition coefficient (Wildman–Crippen LogP) is 2.49. The van der Waals surface area contributed by atoms with Gasteiger partial charge in [0.2, 0.25) is 11.8 Å². The molecule has 2 saturated heterocycles. The molecule has 4 amide bonds. The number of carbonyl (C=O) groups excluding carboxylic acids is 4. The number of nitrogens with one attached hydrogen (secondary N) is 3. The van der Waals surface area contributed by atoms with Gasteiger partial charge in [0, 0.05) is 42.5 Å². The number of carboxylic acid groups (broad SMARTS) is 2. The second-order valence-electron chi connectivity index (χ2n) is 12.8. The summed E-state index contributed by atoms with van der Waals surface area (Å²) >= 11 is 2.69. The van der Waals surface area contributed by atoms with Crippen molar-refractivity contribution in [3.63, 3.8) is 0 Å². The number of amides is 4. The van der Waals surface area contributed by atoms with Gasteiger partial charge in [-0.3, -0.25) is 39.0 Å². The van der Waals surface area contributed by atoms with E-state index in [1.165, 1.54) is 34.3 Å². The molecule has 5 N–H and O–H groups in total. The number of thiazole rings is 1. The van der Waals surface area contributed by atoms with Crippen LogP contribution in [-0.4, -0.2) is 114 Å². The van der Waals surface area contributed by atoms with Crippen molar-refractivity contribution < 1.29 is 39.0 Å². The van der Waals surface area contributed by atoms with Crippen molar-refractivity contribution >= 4 is 90.4 Å². The van der Waals surface area contributed by atoms with E-state index in [1.807, 2.05) is 18.2 Å². The maximum Gasteiger partial charge on any atom is 0.329 e. The van der Waals surface area contributed by atoms with E-state index in [9.17, 15) is 39.0 Å². The molecule has 2 aromatic carbocycles. The van der Waals surface area contributed by atoms with Crippen molar-refractivity contribution in [1.82, 2.24) is 30.6 Å². The van der Waals surface area contributed by atoms with Crippen LogP contribution < -0.4 is 16.0 Å². The Kier molecular flexibility index (Phi) is 10.2. The molecule has 0 radical (unpaired) electrons. The SMILES string of the molecule is O=C(O)C[C@@H](CNc1ccc2nc(C3=N[C@@H](C(=O)O)CS3)sc2c1)NC(=O)[C@@H]1CCCN2C(=O)CCC(NC(=O)c3nccc4ccccc34)C(=O)N12. The molecule has 18 heteroatoms. The van der Waals surface area contributed by atoms with Gasteiger partial charge in [0.15, 0.2) is 6.04 Å². The number of fused-ring (bicyclic) bond motifs is 3. The number of pyridine rings is 1. The standard InChI is InChI=1S/C35H34N8O8S2/c44-27-10-9-23(39-31(48)29-21-5-2-1-4-18(21)11-12-36-29)34(49)43-25(6-3-13-42(27)43)30(47)38-20(15-28(45)46)16-37-19-7-8-22-26(14-19)53-33(40-22)32-41-24(17-52-32)35(50)51/h1-2,4-5,7-8,11-12,14,20,23-25,37H,3,6,9-10,13,15-17H2,(H,38,47)(H,39,48)(H,45,46)(H,50,51)/t20-,23?,24+,25-/m0/s1. The van der Waals surface area contributed by atoms with Gasteiger partial charge in [-0.2, -0.15) is 0 Å². The average Bonchev–Trinajstić information content (AvgIpc) is 3.80. The molecule has 3 aliphatic rings. The largest absolute Gasteiger partial charge is 0.481 e. The fraction of sp³-hybridized carbons (Fsp3) is 0.343. The minimum atomic E-state index is -1.15. The van der Waals surface area contributed by atoms with Crippen molar-refractivity contribution in [1.29, 1.82) is 0 Å². The van der Waals surface area contributed by atoms with Crippen LogP contribution in [0.5, 0.6) is 0 Å². The number of hydrazine groups is 1. The first-order valence-corrected chi connectivity index (χ1v) is 18.7. The number of nitrogens with zero attached hydrogens (tertiary/aromatic N) is 5. The zero-order chi connectivity index (χ0) is 37.2. The summed E-state index contributed by atoms with van der Waals surface area (Å²) in [4.78, 5) is 90.8. The van der Waals surface area contributed by atoms with E-state index < -0.39 is 60.2 Å². The number of thioether (sulfide) groups is 1. The summed E-state index contributed by atoms with van der Waals surface area (Å²) in [7, 11) is 0. The molecule has 2 aromatic heterocycles. The molecule has 0 saturated carbocycles. The maximum atomic E-state index is 14.1. The van der Waals surface area contributed by atoms with Crippen LogP contribution in [0.25, 0.3) is 21.0 Å². The van der Waals surface area contributed by atoms with Gasteiger partial charge >= 0.3 is 11.9 Å². The van der Waals surface area contributed by atoms with Crippen LogP contribution in [0.2, 0.25) is 0 Å². The lowest BCUT2D eigenvalue weighted by molar-refractivity contribution is -0.176. The molecule has 1 unspecified atom stereocenters. The number of hydrogen-bond donors (Lipinski definition) is 5. The number of aromatic nitrogens is 2. The molecule has 53 heavy (non-hydrogen) atoms. The van der Waals surface area contributed by atoms with Gasteiger partial charge in [0.1, 0.15) is 27.8 Å². The molecular weight excluding hydrogens is 725 g/mol. The predicted molar refractivity (Wildman–Crippen MR) is 197 cm³/mol. The monoisotopic (exact) mass is 758 g/mol. The van der Waals surface area contributed by atoms with Gasteiger partial charge in [-0.1, -0.05) is 24.3 Å². The van der Waals surface area contributed by atoms with Gasteiger partial charge < -0.3 is 26.2 Å². The lowest BCUT2D eigenvalue weighted by Crippen LogP contribution is -2.64. The van der Waals surface area contributed by atoms with Crippen LogP contribution >= 0.6 is 23.1 Å². The highest BCUT2D eigenvalue weighted by atomic mass is 32.2. The van der Waals surface area contributed by atoms with Gasteiger partial charge in [-0.25, -0.2) is 14.8 Å². The highest BCUT2D eigenvalue weighted by molar-refractivity contribution is 8.15. The Bertz CT molecular complexity index is 2170. The normalized spacial score (nSPS) is 20.8. The van der Waals surface area contributed by atoms with Crippen molar-refractivity contribution in [2.45, 2.75) is 56.3 Å². The number of aliphatic imine (C=N–C) groups is 1. The van der Waals surface area contributed by atoms with Crippen molar-refractivity contribution in [2.75, 3.05) is 24.2 Å². The van der Waals surface area contributed by atoms with E-state index in [0.717, 1.165) is 15.1 Å². The first-order chi connectivity index (χ1) is 25.5. The topological polar surface area (TPSA) is 224 Å². The van der Waals surface area contributed by atoms with Gasteiger partial charge in [0.05, 0.1) is 22.7 Å². The molecule has 274 valence electrons. The average molecular weight is 759 g/mol. The summed E-state index contributed by atoms with van der Waals surface area (Å²) in [6, 6.07) is 10.4. The zero-order valence-corrected chi connectivity index (χ0v) is 29.7. The van der Waals surface area contributed by atoms with E-state index in [4.69, 9.17) is 0 Å². The number of aliphatic carboxylic acids is 2. The highest BCUT2D eigenvalue weighted by Gasteiger charge is 2.45. The molecule has 0 bridgehead atoms. The molecule has 5 heterocycles. The maximum absolute atomic E-state index is 14.1. The minimum Gasteiger partial charge on any atom is -0.481 e. The Morgan fingerprint density at radius 2 is 1.87 bits per heavy atom. The number of carboxylic acids is 2. The van der Waals surface area contributed by atoms with Crippen molar-refractivity contribution in [2.24, 2.45) is 4.99 Å². The first kappa shape index (κ1) is 35.8. The Hall–Kier alpha value is -5.62. The van der Waals surface area contributed by atoms with Crippen LogP contribution in [0.3, 0.4) is 0 Å². The van der Waals surface area contributed by atoms with Gasteiger partial charge in [-0.15, -0.1) is 23.1 Å². The summed E-state index contributed by atoms with van der Waals surface area (Å²) in [5.41, 5.74) is 1.46. The number of benzene rings is 2. The highest BCUT2D eigenvalue weighted by Crippen LogP contribution is 2.31. The molecule has 4 aromatic rings. The Morgan fingerprint density at radius 1 is 1.04 bits per heavy atom. The molecule has 7 rings (SSSR count). The summed E-state index contributed by atoms with van der Waals surface area (Å²) in [5, 5.41) is 32.6. The lowest BCUT2D eigenvalue weighted by Gasteiger charge is -2.43. The summed E-state index contributed by atoms with van der Waals surface area (Å²) < 4.78 is 0.801. The fourth-order valence-corrected chi connectivity index (χ4v) is 8.70. The van der Waals surface area contributed by atoms with E-state index in [-0.39, 0.29) is 44.0 Å². The third-order valence-electron chi connectivity index (χ3n) is 9.19. The first-order valence-electron chi connectivity index (χ1n) is 16.9. The molecule has 0 aliphatic carbocycles. The Labute approximate surface area is 310 Å². The Morgan fingerprint density at radius 3 is 2.66 bits per heavy atom. The second-order valence-corrected chi connectivity index (χ2v) is 14.8. The van der Waals surface area contributed by atoms with Crippen LogP contribution in [0.15, 0.2) is 59.7 Å². The quantitative estimate of drug-likeness (QED) is 0.149. The van der Waals surface area contributed by atoms with Crippen molar-refractivity contribution in [3.05, 3.63) is 65.4 Å². The smallest absolute Gasteiger partial charge is 0.329 e. The summed E-state index contributed by atoms with van der Waals surface area (Å²) in [6.07, 6.45) is 1.74. The van der Waals surface area contributed by atoms with E-state index in [2.05, 4.69) is 30.9 Å². The molecule has 16 nitrogen and oxygen atoms in total. The number of anilines is 1. The van der Waals surface area contributed by atoms with E-state index >= 15 is 0 Å². The number of hydrogen-bond acceptors (Lipinski definition) is 12. The van der Waals surface area contributed by atoms with Crippen LogP contribution in [0.4, 0.5) is 5.69 Å². The molecule has 4 atom stereocenters. The molecule has 3 aliphatic heterocycles. The summed E-state index contributed by atoms with van der Waals surface area (Å²) in [6.45, 7) is 0.242. The third-order valence-corrected chi connectivity index (χ3v) is 11.4. The number of rotatable bonds is 11. The molecule has 0 spiro atoms. The molecule has 2 fully saturated rings. The second kappa shape index (κ2) is 15.2. The van der Waals surface area contributed by atoms with E-state index in [1.54, 1.807) is 30.3 Å². The zero-order valence-electron chi connectivity index (χ0n) is 28.1. The van der Waals surface area contributed by atoms with Crippen LogP contribution in [0.1, 0.15) is 47.6 Å². The fourth-order valence-electron chi connectivity index (χ4n) is 6.60.